The van der Waals surface area contributed by atoms with Gasteiger partial charge < -0.3 is 10.4 Å². The highest BCUT2D eigenvalue weighted by Crippen LogP contribution is 2.37. The van der Waals surface area contributed by atoms with Crippen LogP contribution in [0.2, 0.25) is 10.0 Å². The van der Waals surface area contributed by atoms with Crippen molar-refractivity contribution in [3.8, 4) is 11.1 Å². The Hall–Kier alpha value is -2.49. The van der Waals surface area contributed by atoms with Gasteiger partial charge in [0.2, 0.25) is 0 Å². The molecular weight excluding hydrogens is 345 g/mol. The Kier molecular flexibility index (Phi) is 4.74. The van der Waals surface area contributed by atoms with E-state index >= 15 is 0 Å². The van der Waals surface area contributed by atoms with E-state index in [0.29, 0.717) is 15.7 Å². The molecule has 0 spiro atoms. The van der Waals surface area contributed by atoms with Gasteiger partial charge in [-0.25, -0.2) is 4.79 Å². The fraction of sp³-hybridized carbons (Fsp3) is 0. The molecule has 3 nitrogen and oxygen atoms in total. The van der Waals surface area contributed by atoms with Gasteiger partial charge in [0, 0.05) is 16.3 Å². The van der Waals surface area contributed by atoms with Crippen LogP contribution in [0.5, 0.6) is 0 Å². The monoisotopic (exact) mass is 357 g/mol. The van der Waals surface area contributed by atoms with E-state index in [0.717, 1.165) is 16.8 Å². The fourth-order valence-corrected chi connectivity index (χ4v) is 2.87. The number of benzene rings is 3. The quantitative estimate of drug-likeness (QED) is 0.592. The molecule has 0 amide bonds. The van der Waals surface area contributed by atoms with Crippen molar-refractivity contribution in [1.29, 1.82) is 0 Å². The highest BCUT2D eigenvalue weighted by molar-refractivity contribution is 6.34. The lowest BCUT2D eigenvalue weighted by atomic mass is 10.0. The molecule has 5 heteroatoms. The summed E-state index contributed by atoms with van der Waals surface area (Å²) in [4.78, 5) is 11.4. The maximum atomic E-state index is 11.4. The first-order valence-electron chi connectivity index (χ1n) is 7.20. The predicted molar refractivity (Wildman–Crippen MR) is 98.6 cm³/mol. The molecule has 0 aliphatic rings. The minimum atomic E-state index is -0.992. The molecule has 0 bridgehead atoms. The molecule has 120 valence electrons. The number of carboxylic acid groups (broad SMARTS) is 1. The Labute approximate surface area is 149 Å². The van der Waals surface area contributed by atoms with Gasteiger partial charge in [-0.2, -0.15) is 0 Å². The van der Waals surface area contributed by atoms with Crippen LogP contribution in [0, 0.1) is 0 Å². The maximum Gasteiger partial charge on any atom is 0.337 e. The van der Waals surface area contributed by atoms with Crippen LogP contribution in [0.4, 0.5) is 11.4 Å². The number of para-hydroxylation sites is 1. The summed E-state index contributed by atoms with van der Waals surface area (Å²) >= 11 is 12.3. The number of halogens is 2. The second-order valence-electron chi connectivity index (χ2n) is 5.15. The molecule has 0 aromatic heterocycles. The largest absolute Gasteiger partial charge is 0.478 e. The van der Waals surface area contributed by atoms with Crippen molar-refractivity contribution in [2.75, 3.05) is 5.32 Å². The zero-order valence-corrected chi connectivity index (χ0v) is 14.0. The van der Waals surface area contributed by atoms with Crippen LogP contribution in [0.1, 0.15) is 10.4 Å². The summed E-state index contributed by atoms with van der Waals surface area (Å²) in [7, 11) is 0. The average Bonchev–Trinajstić information content (AvgIpc) is 2.57. The van der Waals surface area contributed by atoms with E-state index < -0.39 is 5.97 Å². The summed E-state index contributed by atoms with van der Waals surface area (Å²) in [5.74, 6) is -0.992. The smallest absolute Gasteiger partial charge is 0.337 e. The van der Waals surface area contributed by atoms with Crippen LogP contribution >= 0.6 is 23.2 Å². The number of hydrogen-bond donors (Lipinski definition) is 2. The van der Waals surface area contributed by atoms with Gasteiger partial charge in [-0.05, 0) is 42.0 Å². The number of anilines is 2. The molecule has 0 unspecified atom stereocenters. The third-order valence-corrected chi connectivity index (χ3v) is 4.14. The third kappa shape index (κ3) is 3.37. The predicted octanol–water partition coefficient (Wildman–Crippen LogP) is 6.10. The highest BCUT2D eigenvalue weighted by Gasteiger charge is 2.13. The fourth-order valence-electron chi connectivity index (χ4n) is 2.46. The van der Waals surface area contributed by atoms with Gasteiger partial charge in [0.25, 0.3) is 0 Å². The molecule has 0 saturated heterocycles. The standard InChI is InChI=1S/C19H13Cl2NO2/c20-13-10-8-12(9-11-13)18-15(21)5-3-7-17(18)22-16-6-2-1-4-14(16)19(23)24/h1-11,22H,(H,23,24). The molecule has 24 heavy (non-hydrogen) atoms. The summed E-state index contributed by atoms with van der Waals surface area (Å²) < 4.78 is 0. The van der Waals surface area contributed by atoms with Crippen LogP contribution in [-0.4, -0.2) is 11.1 Å². The van der Waals surface area contributed by atoms with Crippen LogP contribution in [0.3, 0.4) is 0 Å². The first-order chi connectivity index (χ1) is 11.6. The van der Waals surface area contributed by atoms with Crippen molar-refractivity contribution in [1.82, 2.24) is 0 Å². The number of rotatable bonds is 4. The van der Waals surface area contributed by atoms with Crippen LogP contribution < -0.4 is 5.32 Å². The van der Waals surface area contributed by atoms with Crippen LogP contribution in [-0.2, 0) is 0 Å². The van der Waals surface area contributed by atoms with E-state index in [-0.39, 0.29) is 5.56 Å². The Bertz CT molecular complexity index is 892. The number of nitrogens with one attached hydrogen (secondary N) is 1. The normalized spacial score (nSPS) is 10.4. The lowest BCUT2D eigenvalue weighted by Crippen LogP contribution is -2.03. The SMILES string of the molecule is O=C(O)c1ccccc1Nc1cccc(Cl)c1-c1ccc(Cl)cc1. The molecule has 0 heterocycles. The summed E-state index contributed by atoms with van der Waals surface area (Å²) in [5, 5.41) is 13.7. The topological polar surface area (TPSA) is 49.3 Å². The van der Waals surface area contributed by atoms with Crippen molar-refractivity contribution in [2.45, 2.75) is 0 Å². The molecule has 3 aromatic rings. The minimum absolute atomic E-state index is 0.194. The maximum absolute atomic E-state index is 11.4. The van der Waals surface area contributed by atoms with Gasteiger partial charge in [0.05, 0.1) is 16.3 Å². The lowest BCUT2D eigenvalue weighted by Gasteiger charge is -2.15. The highest BCUT2D eigenvalue weighted by atomic mass is 35.5. The number of carbonyl (C=O) groups is 1. The Morgan fingerprint density at radius 1 is 0.833 bits per heavy atom. The summed E-state index contributed by atoms with van der Waals surface area (Å²) in [6.45, 7) is 0. The van der Waals surface area contributed by atoms with Crippen molar-refractivity contribution in [2.24, 2.45) is 0 Å². The number of hydrogen-bond acceptors (Lipinski definition) is 2. The summed E-state index contributed by atoms with van der Waals surface area (Å²) in [6.07, 6.45) is 0. The Balaban J connectivity index is 2.08. The van der Waals surface area contributed by atoms with Crippen molar-refractivity contribution < 1.29 is 9.90 Å². The molecule has 0 fully saturated rings. The summed E-state index contributed by atoms with van der Waals surface area (Å²) in [6, 6.07) is 19.5. The molecule has 0 aliphatic carbocycles. The molecular formula is C19H13Cl2NO2. The zero-order chi connectivity index (χ0) is 17.1. The lowest BCUT2D eigenvalue weighted by molar-refractivity contribution is 0.0698. The van der Waals surface area contributed by atoms with E-state index in [9.17, 15) is 9.90 Å². The first kappa shape index (κ1) is 16.4. The molecule has 3 aromatic carbocycles. The Morgan fingerprint density at radius 2 is 1.50 bits per heavy atom. The van der Waals surface area contributed by atoms with Gasteiger partial charge in [-0.15, -0.1) is 0 Å². The molecule has 0 radical (unpaired) electrons. The molecule has 0 saturated carbocycles. The summed E-state index contributed by atoms with van der Waals surface area (Å²) in [5.41, 5.74) is 3.09. The van der Waals surface area contributed by atoms with E-state index in [1.54, 1.807) is 42.5 Å². The number of carboxylic acids is 1. The minimum Gasteiger partial charge on any atom is -0.478 e. The van der Waals surface area contributed by atoms with E-state index in [1.807, 2.05) is 24.3 Å². The first-order valence-corrected chi connectivity index (χ1v) is 7.95. The average molecular weight is 358 g/mol. The molecule has 0 aliphatic heterocycles. The van der Waals surface area contributed by atoms with Gasteiger partial charge in [0.1, 0.15) is 0 Å². The van der Waals surface area contributed by atoms with Crippen LogP contribution in [0.15, 0.2) is 66.7 Å². The van der Waals surface area contributed by atoms with Gasteiger partial charge >= 0.3 is 5.97 Å². The van der Waals surface area contributed by atoms with Gasteiger partial charge in [-0.1, -0.05) is 53.5 Å². The second kappa shape index (κ2) is 6.95. The third-order valence-electron chi connectivity index (χ3n) is 3.57. The Morgan fingerprint density at radius 3 is 2.21 bits per heavy atom. The second-order valence-corrected chi connectivity index (χ2v) is 5.99. The molecule has 0 atom stereocenters. The van der Waals surface area contributed by atoms with Crippen molar-refractivity contribution in [3.63, 3.8) is 0 Å². The van der Waals surface area contributed by atoms with Gasteiger partial charge in [-0.3, -0.25) is 0 Å². The van der Waals surface area contributed by atoms with Crippen molar-refractivity contribution >= 4 is 40.5 Å². The zero-order valence-electron chi connectivity index (χ0n) is 12.5. The number of aromatic carboxylic acids is 1. The van der Waals surface area contributed by atoms with Crippen molar-refractivity contribution in [3.05, 3.63) is 82.3 Å². The van der Waals surface area contributed by atoms with E-state index in [1.165, 1.54) is 0 Å². The van der Waals surface area contributed by atoms with E-state index in [4.69, 9.17) is 23.2 Å². The van der Waals surface area contributed by atoms with Crippen LogP contribution in [0.25, 0.3) is 11.1 Å². The van der Waals surface area contributed by atoms with Gasteiger partial charge in [0.15, 0.2) is 0 Å². The van der Waals surface area contributed by atoms with E-state index in [2.05, 4.69) is 5.32 Å². The molecule has 2 N–H and O–H groups in total. The molecule has 3 rings (SSSR count).